The highest BCUT2D eigenvalue weighted by molar-refractivity contribution is 7.21. The molecule has 0 fully saturated rings. The van der Waals surface area contributed by atoms with E-state index >= 15 is 0 Å². The number of ether oxygens (including phenoxy) is 1. The van der Waals surface area contributed by atoms with Crippen molar-refractivity contribution >= 4 is 56.3 Å². The number of carbonyl (C=O) groups excluding carboxylic acids is 2. The van der Waals surface area contributed by atoms with Crippen LogP contribution >= 0.6 is 22.9 Å². The molecule has 0 aliphatic rings. The van der Waals surface area contributed by atoms with Crippen LogP contribution in [-0.4, -0.2) is 31.5 Å². The van der Waals surface area contributed by atoms with Gasteiger partial charge in [0.1, 0.15) is 33.5 Å². The number of fused-ring (bicyclic) bond motifs is 1. The maximum Gasteiger partial charge on any atom is 0.291 e. The molecule has 0 aliphatic carbocycles. The van der Waals surface area contributed by atoms with Gasteiger partial charge in [-0.2, -0.15) is 5.10 Å². The van der Waals surface area contributed by atoms with Crippen LogP contribution in [0.4, 0.5) is 20.2 Å². The van der Waals surface area contributed by atoms with Gasteiger partial charge in [0.2, 0.25) is 0 Å². The number of hydrogen-bond donors (Lipinski definition) is 2. The van der Waals surface area contributed by atoms with Gasteiger partial charge in [-0.1, -0.05) is 11.6 Å². The summed E-state index contributed by atoms with van der Waals surface area (Å²) in [5, 5.41) is 18.2. The Balaban J connectivity index is 1.48. The molecule has 2 amide bonds. The van der Waals surface area contributed by atoms with Gasteiger partial charge in [0.05, 0.1) is 27.9 Å². The second kappa shape index (κ2) is 11.2. The molecule has 42 heavy (non-hydrogen) atoms. The Bertz CT molecular complexity index is 1880. The maximum atomic E-state index is 13.7. The van der Waals surface area contributed by atoms with Crippen molar-refractivity contribution in [2.24, 2.45) is 12.8 Å². The van der Waals surface area contributed by atoms with Gasteiger partial charge in [0.15, 0.2) is 5.76 Å². The summed E-state index contributed by atoms with van der Waals surface area (Å²) >= 11 is 6.82. The zero-order valence-electron chi connectivity index (χ0n) is 21.7. The van der Waals surface area contributed by atoms with Crippen LogP contribution < -0.4 is 15.8 Å². The van der Waals surface area contributed by atoms with E-state index < -0.39 is 28.9 Å². The highest BCUT2D eigenvalue weighted by Crippen LogP contribution is 2.43. The number of rotatable bonds is 9. The second-order valence-electron chi connectivity index (χ2n) is 8.89. The van der Waals surface area contributed by atoms with Gasteiger partial charge >= 0.3 is 0 Å². The van der Waals surface area contributed by atoms with Crippen LogP contribution in [-0.2, 0) is 13.7 Å². The third-order valence-corrected chi connectivity index (χ3v) is 7.68. The number of halogens is 3. The van der Waals surface area contributed by atoms with E-state index in [2.05, 4.69) is 15.4 Å². The molecule has 0 saturated carbocycles. The number of nitrogens with two attached hydrogens (primary N) is 1. The predicted molar refractivity (Wildman–Crippen MR) is 149 cm³/mol. The van der Waals surface area contributed by atoms with E-state index in [4.69, 9.17) is 26.5 Å². The summed E-state index contributed by atoms with van der Waals surface area (Å²) < 4.78 is 40.2. The largest absolute Gasteiger partial charge is 0.484 e. The fourth-order valence-corrected chi connectivity index (χ4v) is 5.30. The molecule has 216 valence electrons. The number of alkyl halides is 2. The number of thiophene rings is 1. The lowest BCUT2D eigenvalue weighted by atomic mass is 10.0. The monoisotopic (exact) mass is 616 g/mol. The lowest BCUT2D eigenvalue weighted by Crippen LogP contribution is -2.16. The highest BCUT2D eigenvalue weighted by Gasteiger charge is 2.27. The summed E-state index contributed by atoms with van der Waals surface area (Å²) in [4.78, 5) is 40.0. The van der Waals surface area contributed by atoms with Crippen molar-refractivity contribution in [3.05, 3.63) is 85.5 Å². The molecule has 4 aromatic heterocycles. The standard InChI is InChI=1S/C26H19ClF2N6O6S/c1-11-15(9-31-34(11)2)14-8-17(23(28)29)32-26-20(14)21(22(42-26)24(30)36)33-25(37)18-6-4-13(41-18)10-40-19-7-12(35(38)39)3-5-16(19)27/h3-9,23H,10H2,1-2H3,(H2,30,36)(H,33,37). The van der Waals surface area contributed by atoms with E-state index in [1.165, 1.54) is 36.5 Å². The summed E-state index contributed by atoms with van der Waals surface area (Å²) in [6.45, 7) is 1.52. The van der Waals surface area contributed by atoms with E-state index in [1.54, 1.807) is 18.7 Å². The normalized spacial score (nSPS) is 11.3. The first-order chi connectivity index (χ1) is 19.9. The number of non-ortho nitro benzene ring substituents is 1. The summed E-state index contributed by atoms with van der Waals surface area (Å²) in [7, 11) is 1.68. The molecule has 0 unspecified atom stereocenters. The van der Waals surface area contributed by atoms with Gasteiger partial charge in [-0.15, -0.1) is 11.3 Å². The van der Waals surface area contributed by atoms with Crippen LogP contribution in [0.5, 0.6) is 5.75 Å². The summed E-state index contributed by atoms with van der Waals surface area (Å²) in [5.41, 5.74) is 6.25. The maximum absolute atomic E-state index is 13.7. The fraction of sp³-hybridized carbons (Fsp3) is 0.154. The first kappa shape index (κ1) is 28.6. The van der Waals surface area contributed by atoms with Crippen molar-refractivity contribution in [2.45, 2.75) is 20.0 Å². The molecule has 0 aliphatic heterocycles. The van der Waals surface area contributed by atoms with E-state index in [9.17, 15) is 28.5 Å². The van der Waals surface area contributed by atoms with Gasteiger partial charge in [-0.05, 0) is 36.8 Å². The Labute approximate surface area is 243 Å². The molecule has 0 saturated heterocycles. The van der Waals surface area contributed by atoms with Gasteiger partial charge in [-0.3, -0.25) is 24.4 Å². The van der Waals surface area contributed by atoms with Crippen molar-refractivity contribution in [3.8, 4) is 16.9 Å². The van der Waals surface area contributed by atoms with Crippen LogP contribution in [0, 0.1) is 17.0 Å². The van der Waals surface area contributed by atoms with Crippen LogP contribution in [0.1, 0.15) is 43.8 Å². The number of amides is 2. The van der Waals surface area contributed by atoms with Crippen LogP contribution in [0.3, 0.4) is 0 Å². The summed E-state index contributed by atoms with van der Waals surface area (Å²) in [6, 6.07) is 7.68. The van der Waals surface area contributed by atoms with Gasteiger partial charge in [-0.25, -0.2) is 13.8 Å². The van der Waals surface area contributed by atoms with Gasteiger partial charge in [0.25, 0.3) is 23.9 Å². The molecule has 0 spiro atoms. The average Bonchev–Trinajstić information content (AvgIpc) is 3.65. The number of hydrogen-bond acceptors (Lipinski definition) is 9. The van der Waals surface area contributed by atoms with Crippen molar-refractivity contribution in [2.75, 3.05) is 5.32 Å². The Morgan fingerprint density at radius 1 is 1.26 bits per heavy atom. The number of pyridine rings is 1. The van der Waals surface area contributed by atoms with Crippen molar-refractivity contribution < 1.29 is 32.4 Å². The third kappa shape index (κ3) is 5.38. The van der Waals surface area contributed by atoms with Crippen molar-refractivity contribution in [1.29, 1.82) is 0 Å². The number of nitrogens with one attached hydrogen (secondary N) is 1. The number of nitro groups is 1. The zero-order chi connectivity index (χ0) is 30.3. The van der Waals surface area contributed by atoms with Crippen LogP contribution in [0.15, 0.2) is 47.0 Å². The number of furan rings is 1. The molecule has 0 bridgehead atoms. The molecule has 0 radical (unpaired) electrons. The minimum absolute atomic E-state index is 0.0170. The number of aryl methyl sites for hydroxylation is 1. The SMILES string of the molecule is Cc1c(-c2cc(C(F)F)nc3sc(C(N)=O)c(NC(=O)c4ccc(COc5cc([N+](=O)[O-])ccc5Cl)o4)c23)cnn1C. The predicted octanol–water partition coefficient (Wildman–Crippen LogP) is 6.03. The molecule has 1 aromatic carbocycles. The minimum Gasteiger partial charge on any atom is -0.484 e. The number of anilines is 1. The van der Waals surface area contributed by atoms with Gasteiger partial charge < -0.3 is 20.2 Å². The zero-order valence-corrected chi connectivity index (χ0v) is 23.3. The first-order valence-electron chi connectivity index (χ1n) is 12.0. The molecule has 5 aromatic rings. The Morgan fingerprint density at radius 2 is 2.02 bits per heavy atom. The third-order valence-electron chi connectivity index (χ3n) is 6.27. The average molecular weight is 617 g/mol. The number of carbonyl (C=O) groups is 2. The highest BCUT2D eigenvalue weighted by atomic mass is 35.5. The summed E-state index contributed by atoms with van der Waals surface area (Å²) in [6.07, 6.45) is -1.41. The Hall–Kier alpha value is -4.89. The number of primary amides is 1. The Morgan fingerprint density at radius 3 is 2.67 bits per heavy atom. The quantitative estimate of drug-likeness (QED) is 0.149. The molecule has 3 N–H and O–H groups in total. The van der Waals surface area contributed by atoms with E-state index in [0.29, 0.717) is 11.3 Å². The van der Waals surface area contributed by atoms with E-state index in [0.717, 1.165) is 17.4 Å². The Kier molecular flexibility index (Phi) is 7.62. The lowest BCUT2D eigenvalue weighted by Gasteiger charge is -2.10. The molecular weight excluding hydrogens is 598 g/mol. The van der Waals surface area contributed by atoms with E-state index in [1.807, 2.05) is 0 Å². The molecule has 4 heterocycles. The number of benzene rings is 1. The molecule has 12 nitrogen and oxygen atoms in total. The van der Waals surface area contributed by atoms with Crippen molar-refractivity contribution in [3.63, 3.8) is 0 Å². The van der Waals surface area contributed by atoms with Crippen LogP contribution in [0.2, 0.25) is 5.02 Å². The topological polar surface area (TPSA) is 168 Å². The van der Waals surface area contributed by atoms with Crippen LogP contribution in [0.25, 0.3) is 21.3 Å². The lowest BCUT2D eigenvalue weighted by molar-refractivity contribution is -0.384. The molecule has 16 heteroatoms. The second-order valence-corrected chi connectivity index (χ2v) is 10.3. The summed E-state index contributed by atoms with van der Waals surface area (Å²) in [5.74, 6) is -1.63. The van der Waals surface area contributed by atoms with Gasteiger partial charge in [0, 0.05) is 29.8 Å². The minimum atomic E-state index is -2.90. The van der Waals surface area contributed by atoms with E-state index in [-0.39, 0.29) is 60.9 Å². The number of nitrogens with zero attached hydrogens (tertiary/aromatic N) is 4. The number of aromatic nitrogens is 3. The smallest absolute Gasteiger partial charge is 0.291 e. The number of nitro benzene ring substituents is 1. The molecule has 5 rings (SSSR count). The fourth-order valence-electron chi connectivity index (χ4n) is 4.12. The molecular formula is C26H19ClF2N6O6S. The first-order valence-corrected chi connectivity index (χ1v) is 13.1. The molecule has 0 atom stereocenters. The van der Waals surface area contributed by atoms with Crippen molar-refractivity contribution in [1.82, 2.24) is 14.8 Å².